The summed E-state index contributed by atoms with van der Waals surface area (Å²) in [4.78, 5) is 115. The lowest BCUT2D eigenvalue weighted by molar-refractivity contribution is -0.288. The third-order valence-electron chi connectivity index (χ3n) is 21.2. The van der Waals surface area contributed by atoms with E-state index in [-0.39, 0.29) is 93.4 Å². The van der Waals surface area contributed by atoms with Crippen LogP contribution in [0.25, 0.3) is 21.8 Å². The van der Waals surface area contributed by atoms with Gasteiger partial charge in [-0.15, -0.1) is 0 Å². The number of anilines is 2. The summed E-state index contributed by atoms with van der Waals surface area (Å²) in [6.07, 6.45) is 7.73. The van der Waals surface area contributed by atoms with Crippen molar-refractivity contribution in [3.8, 4) is 11.5 Å². The highest BCUT2D eigenvalue weighted by Gasteiger charge is 2.76. The van der Waals surface area contributed by atoms with E-state index >= 15 is 8.78 Å². The van der Waals surface area contributed by atoms with Crippen LogP contribution in [0.5, 0.6) is 11.5 Å². The maximum Gasteiger partial charge on any atom is 0.343 e. The van der Waals surface area contributed by atoms with Crippen LogP contribution in [0.2, 0.25) is 0 Å². The Labute approximate surface area is 517 Å². The highest BCUT2D eigenvalue weighted by atomic mass is 19.1. The van der Waals surface area contributed by atoms with E-state index in [1.165, 1.54) is 26.6 Å². The van der Waals surface area contributed by atoms with Crippen LogP contribution in [-0.4, -0.2) is 159 Å². The van der Waals surface area contributed by atoms with Gasteiger partial charge >= 0.3 is 23.9 Å². The predicted octanol–water partition coefficient (Wildman–Crippen LogP) is 5.95. The molecule has 0 amide bonds. The van der Waals surface area contributed by atoms with Crippen LogP contribution in [0.15, 0.2) is 45.8 Å². The zero-order valence-corrected chi connectivity index (χ0v) is 51.5. The average molecular weight is 1250 g/mol. The molecule has 22 nitrogen and oxygen atoms in total. The highest BCUT2D eigenvalue weighted by molar-refractivity contribution is 5.99. The number of halogens is 2. The second-order valence-corrected chi connectivity index (χ2v) is 26.8. The number of rotatable bonds is 19. The van der Waals surface area contributed by atoms with Crippen molar-refractivity contribution in [1.82, 2.24) is 19.8 Å². The summed E-state index contributed by atoms with van der Waals surface area (Å²) >= 11 is 0. The van der Waals surface area contributed by atoms with Crippen LogP contribution in [0, 0.1) is 40.2 Å². The van der Waals surface area contributed by atoms with E-state index in [0.29, 0.717) is 108 Å². The van der Waals surface area contributed by atoms with Crippen LogP contribution >= 0.6 is 0 Å². The number of aliphatic hydroxyl groups is 1. The summed E-state index contributed by atoms with van der Waals surface area (Å²) in [5.74, 6) is -5.69. The topological polar surface area (TPSA) is 262 Å². The summed E-state index contributed by atoms with van der Waals surface area (Å²) in [5, 5.41) is 18.3. The number of hydrogen-bond acceptors (Lipinski definition) is 20. The fraction of sp³-hybridized carbons (Fsp3) is 0.606. The minimum absolute atomic E-state index is 0.0363. The maximum absolute atomic E-state index is 16.4. The number of benzene rings is 2. The molecule has 9 unspecified atom stereocenters. The van der Waals surface area contributed by atoms with Crippen molar-refractivity contribution >= 4 is 68.6 Å². The number of nitrogens with one attached hydrogen (secondary N) is 2. The van der Waals surface area contributed by atoms with Crippen LogP contribution in [0.1, 0.15) is 137 Å². The Balaban J connectivity index is 0.723. The van der Waals surface area contributed by atoms with Gasteiger partial charge in [0.1, 0.15) is 41.3 Å². The standard InChI is InChI=1S/C66H78F2N6O16/c1-34-26-71(20-18-69-34)56-47(67)23-42-54(60(56)84-4)73(37-7-8-37)28-44(58(42)80)62(82)87-30-40(31-88-63(83)45-29-74(38-9-10-38)55-43(59(45)81)24-48(68)57(61(55)85-5)72-21-19-70-35(2)27-72)90-52(79)13-12-51(78)86-32-50(77)66-17-15-46-41-11-6-36-22-39(75)14-16-64(36,3)53(41)49(76)25-65(46,66)33-89-66/h22-24,28-29,34-35,37-38,40-41,46,49,53,69-70,76H,6-21,25-27,30-33H2,1-5H3. The predicted molar refractivity (Wildman–Crippen MR) is 322 cm³/mol. The molecule has 90 heavy (non-hydrogen) atoms. The molecule has 3 saturated heterocycles. The SMILES string of the molecule is COc1c(N2CCNC(C)C2)c(F)cc2c(=O)c(C(=O)OCC(COC(=O)c3cn(C4CC4)c4c(OC)c(N5CCNC(C)C5)c(F)cc4c3=O)OC(=O)CCC(=O)OCC(=O)C34CCC5C6CCC7=CC(=O)CCC7(C)C6C(O)CC53CO4)cn(C3CC3)c12. The van der Waals surface area contributed by atoms with Crippen molar-refractivity contribution in [1.29, 1.82) is 0 Å². The first-order chi connectivity index (χ1) is 43.2. The molecule has 9 aliphatic rings. The van der Waals surface area contributed by atoms with E-state index in [1.54, 1.807) is 15.2 Å². The maximum atomic E-state index is 16.4. The number of carbonyl (C=O) groups excluding carboxylic acids is 6. The number of piperazine rings is 2. The van der Waals surface area contributed by atoms with Crippen LogP contribution in [0.3, 0.4) is 0 Å². The van der Waals surface area contributed by atoms with Crippen molar-refractivity contribution in [2.24, 2.45) is 28.6 Å². The lowest BCUT2D eigenvalue weighted by Crippen LogP contribution is -2.72. The number of fused-ring (bicyclic) bond motifs is 6. The van der Waals surface area contributed by atoms with Crippen molar-refractivity contribution < 1.29 is 75.8 Å². The average Bonchev–Trinajstić information content (AvgIpc) is 1.42. The van der Waals surface area contributed by atoms with E-state index in [2.05, 4.69) is 17.6 Å². The Morgan fingerprint density at radius 3 is 1.78 bits per heavy atom. The number of aromatic nitrogens is 2. The minimum Gasteiger partial charge on any atom is -0.492 e. The fourth-order valence-electron chi connectivity index (χ4n) is 16.7. The Morgan fingerprint density at radius 2 is 1.28 bits per heavy atom. The fourth-order valence-corrected chi connectivity index (χ4v) is 16.7. The van der Waals surface area contributed by atoms with Crippen LogP contribution in [-0.2, 0) is 42.9 Å². The number of aliphatic hydroxyl groups excluding tert-OH is 1. The highest BCUT2D eigenvalue weighted by Crippen LogP contribution is 2.72. The lowest BCUT2D eigenvalue weighted by atomic mass is 9.44. The largest absolute Gasteiger partial charge is 0.492 e. The molecule has 1 spiro atoms. The van der Waals surface area contributed by atoms with Gasteiger partial charge in [-0.1, -0.05) is 12.5 Å². The molecule has 24 heteroatoms. The Kier molecular flexibility index (Phi) is 16.3. The molecule has 4 aromatic rings. The molecule has 3 N–H and O–H groups in total. The van der Waals surface area contributed by atoms with Crippen LogP contribution in [0.4, 0.5) is 20.2 Å². The first-order valence-corrected chi connectivity index (χ1v) is 31.8. The molecule has 5 heterocycles. The molecule has 0 bridgehead atoms. The van der Waals surface area contributed by atoms with Gasteiger partial charge in [0.2, 0.25) is 16.6 Å². The van der Waals surface area contributed by atoms with E-state index in [1.807, 2.05) is 23.6 Å². The molecular formula is C66H78F2N6O16. The van der Waals surface area contributed by atoms with Gasteiger partial charge in [-0.05, 0) is 119 Å². The molecule has 5 saturated carbocycles. The summed E-state index contributed by atoms with van der Waals surface area (Å²) in [7, 11) is 2.78. The second kappa shape index (κ2) is 23.8. The van der Waals surface area contributed by atoms with Crippen molar-refractivity contribution in [3.05, 3.63) is 79.4 Å². The van der Waals surface area contributed by atoms with Gasteiger partial charge in [-0.2, -0.15) is 0 Å². The molecule has 2 aromatic carbocycles. The number of esters is 4. The Morgan fingerprint density at radius 1 is 0.733 bits per heavy atom. The van der Waals surface area contributed by atoms with E-state index in [4.69, 9.17) is 33.2 Å². The Hall–Kier alpha value is -7.28. The zero-order valence-electron chi connectivity index (χ0n) is 51.5. The summed E-state index contributed by atoms with van der Waals surface area (Å²) in [6.45, 7) is 7.14. The van der Waals surface area contributed by atoms with Gasteiger partial charge < -0.3 is 67.8 Å². The molecular weight excluding hydrogens is 1170 g/mol. The second-order valence-electron chi connectivity index (χ2n) is 26.8. The van der Waals surface area contributed by atoms with Gasteiger partial charge in [0.25, 0.3) is 0 Å². The van der Waals surface area contributed by atoms with E-state index < -0.39 is 119 Å². The van der Waals surface area contributed by atoms with Crippen molar-refractivity contribution in [2.45, 2.75) is 146 Å². The molecule has 6 aliphatic carbocycles. The molecule has 482 valence electrons. The number of ether oxygens (including phenoxy) is 7. The summed E-state index contributed by atoms with van der Waals surface area (Å²) in [5.41, 5.74) is -2.81. The van der Waals surface area contributed by atoms with Gasteiger partial charge in [-0.25, -0.2) is 18.4 Å². The van der Waals surface area contributed by atoms with Gasteiger partial charge in [0, 0.05) is 87.7 Å². The van der Waals surface area contributed by atoms with Crippen LogP contribution < -0.4 is 40.8 Å². The van der Waals surface area contributed by atoms with Gasteiger partial charge in [0.15, 0.2) is 41.6 Å². The van der Waals surface area contributed by atoms with Crippen molar-refractivity contribution in [2.75, 3.05) is 89.7 Å². The first-order valence-electron chi connectivity index (χ1n) is 31.8. The number of ketones is 2. The first kappa shape index (κ1) is 61.6. The third-order valence-corrected chi connectivity index (χ3v) is 21.2. The van der Waals surface area contributed by atoms with Crippen molar-refractivity contribution in [3.63, 3.8) is 0 Å². The number of carbonyl (C=O) groups is 6. The summed E-state index contributed by atoms with van der Waals surface area (Å²) in [6, 6.07) is 1.91. The normalized spacial score (nSPS) is 29.0. The molecule has 0 radical (unpaired) electrons. The number of Topliss-reactive ketones (excluding diaryl/α,β-unsaturated/α-hetero) is 1. The third kappa shape index (κ3) is 10.5. The zero-order chi connectivity index (χ0) is 63.3. The number of nitrogens with zero attached hydrogens (tertiary/aromatic N) is 4. The minimum atomic E-state index is -1.62. The smallest absolute Gasteiger partial charge is 0.343 e. The number of methoxy groups -OCH3 is 2. The Bertz CT molecular complexity index is 3640. The van der Waals surface area contributed by atoms with Gasteiger partial charge in [-0.3, -0.25) is 28.8 Å². The molecule has 9 atom stereocenters. The number of allylic oxidation sites excluding steroid dienone is 1. The molecule has 3 aliphatic heterocycles. The monoisotopic (exact) mass is 1250 g/mol. The lowest BCUT2D eigenvalue weighted by Gasteiger charge is -2.65. The molecule has 8 fully saturated rings. The number of pyridine rings is 2. The molecule has 13 rings (SSSR count). The van der Waals surface area contributed by atoms with E-state index in [0.717, 1.165) is 30.5 Å². The van der Waals surface area contributed by atoms with Gasteiger partial charge in [0.05, 0.1) is 61.6 Å². The number of hydrogen-bond donors (Lipinski definition) is 3. The quantitative estimate of drug-likeness (QED) is 0.0724. The molecule has 2 aromatic heterocycles. The summed E-state index contributed by atoms with van der Waals surface area (Å²) < 4.78 is 76.6. The van der Waals surface area contributed by atoms with E-state index in [9.17, 15) is 43.5 Å².